The zero-order valence-electron chi connectivity index (χ0n) is 21.2. The quantitative estimate of drug-likeness (QED) is 0.630. The molecule has 0 radical (unpaired) electrons. The van der Waals surface area contributed by atoms with Crippen molar-refractivity contribution in [3.63, 3.8) is 0 Å². The van der Waals surface area contributed by atoms with E-state index in [2.05, 4.69) is 11.0 Å². The molecule has 2 atom stereocenters. The van der Waals surface area contributed by atoms with Gasteiger partial charge in [-0.1, -0.05) is 18.6 Å². The number of hydrogen-bond donors (Lipinski definition) is 0. The molecule has 2 bridgehead atoms. The number of rotatable bonds is 5. The number of carbonyl (C=O) groups is 1. The molecule has 1 fully saturated rings. The number of piperidine rings is 1. The van der Waals surface area contributed by atoms with Crippen LogP contribution in [-0.2, 0) is 11.3 Å². The summed E-state index contributed by atoms with van der Waals surface area (Å²) in [6.07, 6.45) is 5.07. The molecule has 35 heavy (non-hydrogen) atoms. The number of ether oxygens (including phenoxy) is 4. The van der Waals surface area contributed by atoms with Gasteiger partial charge in [0.05, 0.1) is 26.4 Å². The molecular weight excluding hydrogens is 444 g/mol. The first kappa shape index (κ1) is 25.3. The maximum Gasteiger partial charge on any atom is 0.254 e. The van der Waals surface area contributed by atoms with E-state index >= 15 is 0 Å². The van der Waals surface area contributed by atoms with Gasteiger partial charge in [-0.15, -0.1) is 0 Å². The van der Waals surface area contributed by atoms with Crippen LogP contribution in [0.15, 0.2) is 42.5 Å². The molecule has 2 aromatic rings. The minimum Gasteiger partial charge on any atom is -0.497 e. The molecule has 2 aromatic carbocycles. The number of hydrogen-bond acceptors (Lipinski definition) is 6. The van der Waals surface area contributed by atoms with Crippen LogP contribution in [0.5, 0.6) is 17.2 Å². The molecule has 0 aliphatic carbocycles. The Morgan fingerprint density at radius 2 is 1.83 bits per heavy atom. The van der Waals surface area contributed by atoms with Gasteiger partial charge in [-0.2, -0.15) is 0 Å². The standard InChI is InChI=1S/C28H38N2O5/c1-32-23-13-12-22(27(19-23)34-3)20-29-14-5-4-10-25-26(33-2)11-7-15-30(25)28(31)21-8-6-9-24(18-21)35-17-16-29/h6,8-9,12-13,18-19,25-26H,4-5,7,10-11,14-17,20H2,1-3H3/t25-,26-/m0/s1. The zero-order chi connectivity index (χ0) is 24.6. The number of fused-ring (bicyclic) bond motifs is 3. The summed E-state index contributed by atoms with van der Waals surface area (Å²) in [7, 11) is 5.13. The highest BCUT2D eigenvalue weighted by molar-refractivity contribution is 5.95. The second-order valence-electron chi connectivity index (χ2n) is 9.31. The molecule has 2 aliphatic heterocycles. The van der Waals surface area contributed by atoms with Gasteiger partial charge in [-0.3, -0.25) is 9.69 Å². The van der Waals surface area contributed by atoms with E-state index in [1.165, 1.54) is 0 Å². The Bertz CT molecular complexity index is 982. The summed E-state index contributed by atoms with van der Waals surface area (Å²) >= 11 is 0. The van der Waals surface area contributed by atoms with E-state index in [1.54, 1.807) is 21.3 Å². The predicted octanol–water partition coefficient (Wildman–Crippen LogP) is 4.39. The van der Waals surface area contributed by atoms with Crippen LogP contribution in [0.4, 0.5) is 0 Å². The van der Waals surface area contributed by atoms with Crippen LogP contribution >= 0.6 is 0 Å². The molecule has 0 aromatic heterocycles. The van der Waals surface area contributed by atoms with Crippen LogP contribution in [0.1, 0.15) is 48.0 Å². The number of amides is 1. The molecule has 0 saturated carbocycles. The van der Waals surface area contributed by atoms with Gasteiger partial charge in [0.2, 0.25) is 0 Å². The van der Waals surface area contributed by atoms with E-state index < -0.39 is 0 Å². The van der Waals surface area contributed by atoms with E-state index in [-0.39, 0.29) is 18.1 Å². The second-order valence-corrected chi connectivity index (χ2v) is 9.31. The monoisotopic (exact) mass is 482 g/mol. The third-order valence-corrected chi connectivity index (χ3v) is 7.15. The Morgan fingerprint density at radius 1 is 0.943 bits per heavy atom. The lowest BCUT2D eigenvalue weighted by molar-refractivity contribution is -0.0156. The molecule has 2 aliphatic rings. The third kappa shape index (κ3) is 6.27. The minimum atomic E-state index is 0.0764. The fourth-order valence-electron chi connectivity index (χ4n) is 5.25. The van der Waals surface area contributed by atoms with E-state index in [4.69, 9.17) is 18.9 Å². The lowest BCUT2D eigenvalue weighted by Crippen LogP contribution is -2.51. The molecule has 0 unspecified atom stereocenters. The first-order valence-corrected chi connectivity index (χ1v) is 12.6. The van der Waals surface area contributed by atoms with Crippen molar-refractivity contribution >= 4 is 5.91 Å². The highest BCUT2D eigenvalue weighted by atomic mass is 16.5. The summed E-state index contributed by atoms with van der Waals surface area (Å²) in [5, 5.41) is 0. The fourth-order valence-corrected chi connectivity index (χ4v) is 5.25. The molecular formula is C28H38N2O5. The Morgan fingerprint density at radius 3 is 2.63 bits per heavy atom. The van der Waals surface area contributed by atoms with Crippen LogP contribution in [0, 0.1) is 0 Å². The molecule has 4 rings (SSSR count). The van der Waals surface area contributed by atoms with Crippen molar-refractivity contribution in [1.29, 1.82) is 0 Å². The summed E-state index contributed by atoms with van der Waals surface area (Å²) in [5.41, 5.74) is 1.81. The van der Waals surface area contributed by atoms with Crippen molar-refractivity contribution in [2.45, 2.75) is 50.8 Å². The number of methoxy groups -OCH3 is 3. The van der Waals surface area contributed by atoms with Crippen molar-refractivity contribution in [3.8, 4) is 17.2 Å². The summed E-state index contributed by atoms with van der Waals surface area (Å²) in [4.78, 5) is 17.9. The van der Waals surface area contributed by atoms with Gasteiger partial charge < -0.3 is 23.8 Å². The van der Waals surface area contributed by atoms with Crippen LogP contribution in [0.3, 0.4) is 0 Å². The fraction of sp³-hybridized carbons (Fsp3) is 0.536. The van der Waals surface area contributed by atoms with E-state index in [0.717, 1.165) is 81.1 Å². The molecule has 2 heterocycles. The average Bonchev–Trinajstić information content (AvgIpc) is 2.90. The molecule has 1 saturated heterocycles. The Labute approximate surface area is 208 Å². The van der Waals surface area contributed by atoms with Gasteiger partial charge in [0, 0.05) is 43.9 Å². The summed E-state index contributed by atoms with van der Waals surface area (Å²) in [5.74, 6) is 2.42. The number of benzene rings is 2. The summed E-state index contributed by atoms with van der Waals surface area (Å²) in [6.45, 7) is 3.82. The Kier molecular flexibility index (Phi) is 8.88. The lowest BCUT2D eigenvalue weighted by Gasteiger charge is -2.41. The molecule has 7 nitrogen and oxygen atoms in total. The average molecular weight is 483 g/mol. The van der Waals surface area contributed by atoms with E-state index in [9.17, 15) is 4.79 Å². The van der Waals surface area contributed by atoms with Crippen LogP contribution in [-0.4, -0.2) is 75.4 Å². The SMILES string of the molecule is COc1ccc(CN2CCCC[C@H]3[C@@H](OC)CCCN3C(=O)c3cccc(c3)OCC2)c(OC)c1. The smallest absolute Gasteiger partial charge is 0.254 e. The minimum absolute atomic E-state index is 0.0764. The third-order valence-electron chi connectivity index (χ3n) is 7.15. The van der Waals surface area contributed by atoms with E-state index in [1.807, 2.05) is 41.3 Å². The maximum absolute atomic E-state index is 13.4. The van der Waals surface area contributed by atoms with E-state index in [0.29, 0.717) is 12.2 Å². The summed E-state index contributed by atoms with van der Waals surface area (Å²) in [6, 6.07) is 13.7. The second kappa shape index (κ2) is 12.3. The van der Waals surface area contributed by atoms with Gasteiger partial charge in [0.1, 0.15) is 23.9 Å². The first-order valence-electron chi connectivity index (χ1n) is 12.6. The van der Waals surface area contributed by atoms with Crippen molar-refractivity contribution in [2.75, 3.05) is 47.6 Å². The molecule has 7 heteroatoms. The Hall–Kier alpha value is -2.77. The largest absolute Gasteiger partial charge is 0.497 e. The van der Waals surface area contributed by atoms with Crippen molar-refractivity contribution in [3.05, 3.63) is 53.6 Å². The lowest BCUT2D eigenvalue weighted by atomic mass is 9.93. The maximum atomic E-state index is 13.4. The van der Waals surface area contributed by atoms with Crippen LogP contribution in [0.2, 0.25) is 0 Å². The van der Waals surface area contributed by atoms with Gasteiger partial charge in [0.15, 0.2) is 0 Å². The van der Waals surface area contributed by atoms with Gasteiger partial charge in [-0.25, -0.2) is 0 Å². The van der Waals surface area contributed by atoms with Crippen molar-refractivity contribution in [1.82, 2.24) is 9.80 Å². The highest BCUT2D eigenvalue weighted by Gasteiger charge is 2.34. The topological polar surface area (TPSA) is 60.5 Å². The first-order chi connectivity index (χ1) is 17.1. The predicted molar refractivity (Wildman–Crippen MR) is 135 cm³/mol. The number of carbonyl (C=O) groups excluding carboxylic acids is 1. The molecule has 0 N–H and O–H groups in total. The number of nitrogens with zero attached hydrogens (tertiary/aromatic N) is 2. The zero-order valence-corrected chi connectivity index (χ0v) is 21.2. The van der Waals surface area contributed by atoms with Gasteiger partial charge in [0.25, 0.3) is 5.91 Å². The molecule has 1 amide bonds. The van der Waals surface area contributed by atoms with Crippen LogP contribution < -0.4 is 14.2 Å². The Balaban J connectivity index is 1.54. The van der Waals surface area contributed by atoms with Gasteiger partial charge >= 0.3 is 0 Å². The van der Waals surface area contributed by atoms with Crippen molar-refractivity contribution < 1.29 is 23.7 Å². The van der Waals surface area contributed by atoms with Crippen LogP contribution in [0.25, 0.3) is 0 Å². The molecule has 190 valence electrons. The normalized spacial score (nSPS) is 22.0. The van der Waals surface area contributed by atoms with Gasteiger partial charge in [-0.05, 0) is 56.5 Å². The van der Waals surface area contributed by atoms with Crippen molar-refractivity contribution in [2.24, 2.45) is 0 Å². The summed E-state index contributed by atoms with van der Waals surface area (Å²) < 4.78 is 22.9. The molecule has 0 spiro atoms. The highest BCUT2D eigenvalue weighted by Crippen LogP contribution is 2.28.